The normalized spacial score (nSPS) is 27.6. The Bertz CT molecular complexity index is 505. The number of carbonyl (C=O) groups excluding carboxylic acids is 1. The molecule has 2 aliphatic heterocycles. The number of likely N-dealkylation sites (tertiary alicyclic amines) is 2. The predicted molar refractivity (Wildman–Crippen MR) is 86.6 cm³/mol. The number of nitrogens with zero attached hydrogens (tertiary/aromatic N) is 3. The van der Waals surface area contributed by atoms with Gasteiger partial charge < -0.3 is 9.88 Å². The standard InChI is InChI=1S/C17H28N4O/c1-17(2,3)12-21-9-4-5-14(16(21)22)20-10-6-13(11-20)15-18-7-8-19-15/h7-8,13-14H,4-6,9-12H2,1-3H3,(H,18,19)/t13-,14-/m0/s1. The third kappa shape index (κ3) is 3.35. The van der Waals surface area contributed by atoms with Crippen molar-refractivity contribution in [3.63, 3.8) is 0 Å². The molecule has 1 N–H and O–H groups in total. The molecule has 0 unspecified atom stereocenters. The molecule has 0 spiro atoms. The minimum absolute atomic E-state index is 0.0797. The van der Waals surface area contributed by atoms with E-state index < -0.39 is 0 Å². The van der Waals surface area contributed by atoms with Crippen LogP contribution in [-0.2, 0) is 4.79 Å². The van der Waals surface area contributed by atoms with Crippen molar-refractivity contribution in [2.24, 2.45) is 5.41 Å². The van der Waals surface area contributed by atoms with Gasteiger partial charge in [0, 0.05) is 37.9 Å². The van der Waals surface area contributed by atoms with Gasteiger partial charge in [-0.15, -0.1) is 0 Å². The average Bonchev–Trinajstić information content (AvgIpc) is 3.09. The first kappa shape index (κ1) is 15.5. The number of piperidine rings is 1. The zero-order chi connectivity index (χ0) is 15.7. The molecule has 2 fully saturated rings. The van der Waals surface area contributed by atoms with Gasteiger partial charge in [0.1, 0.15) is 5.82 Å². The second-order valence-corrected chi connectivity index (χ2v) is 7.93. The van der Waals surface area contributed by atoms with E-state index >= 15 is 0 Å². The van der Waals surface area contributed by atoms with E-state index in [2.05, 4.69) is 40.5 Å². The van der Waals surface area contributed by atoms with Crippen LogP contribution in [0.4, 0.5) is 0 Å². The number of imidazole rings is 1. The van der Waals surface area contributed by atoms with E-state index in [1.807, 2.05) is 12.4 Å². The lowest BCUT2D eigenvalue weighted by Crippen LogP contribution is -2.53. The van der Waals surface area contributed by atoms with Crippen LogP contribution in [0.2, 0.25) is 0 Å². The highest BCUT2D eigenvalue weighted by molar-refractivity contribution is 5.82. The fourth-order valence-electron chi connectivity index (χ4n) is 3.78. The summed E-state index contributed by atoms with van der Waals surface area (Å²) in [7, 11) is 0. The largest absolute Gasteiger partial charge is 0.348 e. The van der Waals surface area contributed by atoms with E-state index in [0.29, 0.717) is 11.8 Å². The molecule has 5 nitrogen and oxygen atoms in total. The van der Waals surface area contributed by atoms with Crippen LogP contribution in [0, 0.1) is 5.41 Å². The highest BCUT2D eigenvalue weighted by Crippen LogP contribution is 2.30. The van der Waals surface area contributed by atoms with Crippen molar-refractivity contribution >= 4 is 5.91 Å². The molecule has 1 aromatic heterocycles. The van der Waals surface area contributed by atoms with E-state index in [1.165, 1.54) is 0 Å². The summed E-state index contributed by atoms with van der Waals surface area (Å²) in [5.74, 6) is 1.85. The zero-order valence-corrected chi connectivity index (χ0v) is 14.0. The molecule has 0 aliphatic carbocycles. The third-order valence-electron chi connectivity index (χ3n) is 4.73. The molecule has 2 atom stereocenters. The van der Waals surface area contributed by atoms with Crippen LogP contribution in [0.3, 0.4) is 0 Å². The van der Waals surface area contributed by atoms with Gasteiger partial charge in [-0.2, -0.15) is 0 Å². The number of rotatable bonds is 3. The highest BCUT2D eigenvalue weighted by Gasteiger charge is 2.38. The van der Waals surface area contributed by atoms with E-state index in [-0.39, 0.29) is 11.5 Å². The Morgan fingerprint density at radius 1 is 1.32 bits per heavy atom. The summed E-state index contributed by atoms with van der Waals surface area (Å²) in [5, 5.41) is 0. The van der Waals surface area contributed by atoms with Gasteiger partial charge in [-0.3, -0.25) is 9.69 Å². The number of aromatic nitrogens is 2. The lowest BCUT2D eigenvalue weighted by Gasteiger charge is -2.39. The quantitative estimate of drug-likeness (QED) is 0.932. The topological polar surface area (TPSA) is 52.2 Å². The first-order chi connectivity index (χ1) is 10.4. The molecule has 2 aliphatic rings. The maximum Gasteiger partial charge on any atom is 0.239 e. The molecule has 1 amide bonds. The van der Waals surface area contributed by atoms with Crippen molar-refractivity contribution in [3.05, 3.63) is 18.2 Å². The molecule has 0 saturated carbocycles. The Morgan fingerprint density at radius 3 is 2.82 bits per heavy atom. The minimum Gasteiger partial charge on any atom is -0.348 e. The highest BCUT2D eigenvalue weighted by atomic mass is 16.2. The summed E-state index contributed by atoms with van der Waals surface area (Å²) in [5.41, 5.74) is 0.166. The Kier molecular flexibility index (Phi) is 4.26. The van der Waals surface area contributed by atoms with Crippen LogP contribution in [0.5, 0.6) is 0 Å². The predicted octanol–water partition coefficient (Wildman–Crippen LogP) is 2.24. The lowest BCUT2D eigenvalue weighted by molar-refractivity contribution is -0.141. The average molecular weight is 304 g/mol. The SMILES string of the molecule is CC(C)(C)CN1CCC[C@H](N2CC[C@H](c3ncc[nH]3)C2)C1=O. The van der Waals surface area contributed by atoms with Crippen molar-refractivity contribution in [2.75, 3.05) is 26.2 Å². The lowest BCUT2D eigenvalue weighted by atomic mass is 9.93. The Morgan fingerprint density at radius 2 is 2.14 bits per heavy atom. The molecule has 0 bridgehead atoms. The smallest absolute Gasteiger partial charge is 0.239 e. The van der Waals surface area contributed by atoms with Gasteiger partial charge in [-0.05, 0) is 31.2 Å². The van der Waals surface area contributed by atoms with Gasteiger partial charge >= 0.3 is 0 Å². The maximum absolute atomic E-state index is 12.8. The number of amides is 1. The summed E-state index contributed by atoms with van der Waals surface area (Å²) in [6.07, 6.45) is 6.92. The summed E-state index contributed by atoms with van der Waals surface area (Å²) in [4.78, 5) is 24.9. The van der Waals surface area contributed by atoms with Gasteiger partial charge in [0.2, 0.25) is 5.91 Å². The van der Waals surface area contributed by atoms with Crippen LogP contribution < -0.4 is 0 Å². The van der Waals surface area contributed by atoms with Crippen LogP contribution in [0.15, 0.2) is 12.4 Å². The Hall–Kier alpha value is -1.36. The summed E-state index contributed by atoms with van der Waals surface area (Å²) in [6.45, 7) is 10.3. The maximum atomic E-state index is 12.8. The molecule has 0 aromatic carbocycles. The van der Waals surface area contributed by atoms with E-state index in [0.717, 1.165) is 51.3 Å². The van der Waals surface area contributed by atoms with Crippen molar-refractivity contribution in [3.8, 4) is 0 Å². The number of carbonyl (C=O) groups is 1. The van der Waals surface area contributed by atoms with Crippen LogP contribution >= 0.6 is 0 Å². The van der Waals surface area contributed by atoms with Crippen LogP contribution in [-0.4, -0.2) is 57.9 Å². The molecule has 0 radical (unpaired) electrons. The third-order valence-corrected chi connectivity index (χ3v) is 4.73. The number of nitrogens with one attached hydrogen (secondary N) is 1. The molecule has 1 aromatic rings. The minimum atomic E-state index is 0.0797. The van der Waals surface area contributed by atoms with Crippen molar-refractivity contribution in [1.29, 1.82) is 0 Å². The van der Waals surface area contributed by atoms with Crippen molar-refractivity contribution < 1.29 is 4.79 Å². The van der Waals surface area contributed by atoms with Gasteiger partial charge in [-0.25, -0.2) is 4.98 Å². The van der Waals surface area contributed by atoms with E-state index in [9.17, 15) is 4.79 Å². The molecule has 2 saturated heterocycles. The first-order valence-electron chi connectivity index (χ1n) is 8.46. The van der Waals surface area contributed by atoms with Crippen LogP contribution in [0.25, 0.3) is 0 Å². The summed E-state index contributed by atoms with van der Waals surface area (Å²) >= 11 is 0. The first-order valence-corrected chi connectivity index (χ1v) is 8.46. The number of hydrogen-bond acceptors (Lipinski definition) is 3. The van der Waals surface area contributed by atoms with Gasteiger partial charge in [0.25, 0.3) is 0 Å². The van der Waals surface area contributed by atoms with Crippen molar-refractivity contribution in [1.82, 2.24) is 19.8 Å². The second-order valence-electron chi connectivity index (χ2n) is 7.93. The molecule has 5 heteroatoms. The Labute approximate surface area is 133 Å². The van der Waals surface area contributed by atoms with E-state index in [1.54, 1.807) is 0 Å². The number of hydrogen-bond donors (Lipinski definition) is 1. The molecule has 3 rings (SSSR count). The fraction of sp³-hybridized carbons (Fsp3) is 0.765. The summed E-state index contributed by atoms with van der Waals surface area (Å²) in [6, 6.07) is 0.0797. The zero-order valence-electron chi connectivity index (χ0n) is 14.0. The van der Waals surface area contributed by atoms with E-state index in [4.69, 9.17) is 0 Å². The molecule has 3 heterocycles. The Balaban J connectivity index is 1.63. The molecule has 122 valence electrons. The van der Waals surface area contributed by atoms with Gasteiger partial charge in [0.15, 0.2) is 0 Å². The van der Waals surface area contributed by atoms with Crippen LogP contribution in [0.1, 0.15) is 51.8 Å². The fourth-order valence-corrected chi connectivity index (χ4v) is 3.78. The van der Waals surface area contributed by atoms with Gasteiger partial charge in [0.05, 0.1) is 6.04 Å². The van der Waals surface area contributed by atoms with Gasteiger partial charge in [-0.1, -0.05) is 20.8 Å². The summed E-state index contributed by atoms with van der Waals surface area (Å²) < 4.78 is 0. The monoisotopic (exact) mass is 304 g/mol. The number of H-pyrrole nitrogens is 1. The van der Waals surface area contributed by atoms with Crippen molar-refractivity contribution in [2.45, 2.75) is 52.0 Å². The second kappa shape index (κ2) is 6.03. The molecule has 22 heavy (non-hydrogen) atoms. The number of aromatic amines is 1. The molecular weight excluding hydrogens is 276 g/mol. The molecular formula is C17H28N4O.